The van der Waals surface area contributed by atoms with Gasteiger partial charge in [0.05, 0.1) is 5.02 Å². The normalized spacial score (nSPS) is 12.5. The van der Waals surface area contributed by atoms with Gasteiger partial charge in [0.1, 0.15) is 6.10 Å². The van der Waals surface area contributed by atoms with E-state index in [9.17, 15) is 5.11 Å². The Morgan fingerprint density at radius 3 is 2.26 bits per heavy atom. The molecule has 0 amide bonds. The Kier molecular flexibility index (Phi) is 4.34. The quantitative estimate of drug-likeness (QED) is 0.806. The summed E-state index contributed by atoms with van der Waals surface area (Å²) in [6.45, 7) is 6.15. The minimum absolute atomic E-state index is 0.609. The minimum atomic E-state index is -0.648. The van der Waals surface area contributed by atoms with Crippen LogP contribution >= 0.6 is 27.5 Å². The van der Waals surface area contributed by atoms with E-state index in [2.05, 4.69) is 35.8 Å². The Morgan fingerprint density at radius 1 is 1.00 bits per heavy atom. The van der Waals surface area contributed by atoms with E-state index in [4.69, 9.17) is 11.6 Å². The Morgan fingerprint density at radius 2 is 1.63 bits per heavy atom. The molecule has 0 aromatic heterocycles. The molecule has 1 nitrogen and oxygen atoms in total. The van der Waals surface area contributed by atoms with Crippen LogP contribution < -0.4 is 0 Å². The van der Waals surface area contributed by atoms with Crippen molar-refractivity contribution in [2.45, 2.75) is 26.9 Å². The van der Waals surface area contributed by atoms with Crippen molar-refractivity contribution in [3.05, 3.63) is 67.6 Å². The average Bonchev–Trinajstić information content (AvgIpc) is 2.36. The molecule has 1 unspecified atom stereocenters. The second kappa shape index (κ2) is 5.66. The Hall–Kier alpha value is -0.830. The average molecular weight is 340 g/mol. The summed E-state index contributed by atoms with van der Waals surface area (Å²) in [5.41, 5.74) is 5.25. The second-order valence-electron chi connectivity index (χ2n) is 4.87. The number of hydrogen-bond donors (Lipinski definition) is 1. The van der Waals surface area contributed by atoms with Gasteiger partial charge in [-0.1, -0.05) is 29.8 Å². The van der Waals surface area contributed by atoms with Crippen LogP contribution in [0.5, 0.6) is 0 Å². The SMILES string of the molecule is Cc1cc(C)c(C(O)c2ccc(Br)c(Cl)c2)cc1C. The van der Waals surface area contributed by atoms with Crippen molar-refractivity contribution < 1.29 is 5.11 Å². The first-order chi connectivity index (χ1) is 8.90. The zero-order valence-corrected chi connectivity index (χ0v) is 13.5. The molecule has 0 aliphatic rings. The molecule has 0 heterocycles. The first kappa shape index (κ1) is 14.6. The molecular weight excluding hydrogens is 324 g/mol. The van der Waals surface area contributed by atoms with Crippen LogP contribution in [0.1, 0.15) is 33.9 Å². The molecule has 0 aliphatic heterocycles. The van der Waals surface area contributed by atoms with E-state index in [0.717, 1.165) is 21.2 Å². The lowest BCUT2D eigenvalue weighted by Crippen LogP contribution is -2.03. The number of aliphatic hydroxyl groups excluding tert-OH is 1. The molecule has 0 bridgehead atoms. The van der Waals surface area contributed by atoms with Crippen LogP contribution in [0.4, 0.5) is 0 Å². The van der Waals surface area contributed by atoms with Gasteiger partial charge in [-0.15, -0.1) is 0 Å². The van der Waals surface area contributed by atoms with Crippen molar-refractivity contribution >= 4 is 27.5 Å². The molecule has 0 spiro atoms. The Bertz CT molecular complexity index is 622. The maximum atomic E-state index is 10.5. The van der Waals surface area contributed by atoms with Crippen LogP contribution in [0, 0.1) is 20.8 Å². The van der Waals surface area contributed by atoms with Crippen molar-refractivity contribution in [2.24, 2.45) is 0 Å². The van der Waals surface area contributed by atoms with Crippen LogP contribution in [0.3, 0.4) is 0 Å². The maximum absolute atomic E-state index is 10.5. The van der Waals surface area contributed by atoms with Gasteiger partial charge in [0.2, 0.25) is 0 Å². The summed E-state index contributed by atoms with van der Waals surface area (Å²) in [6.07, 6.45) is -0.648. The summed E-state index contributed by atoms with van der Waals surface area (Å²) >= 11 is 9.44. The highest BCUT2D eigenvalue weighted by Crippen LogP contribution is 2.31. The lowest BCUT2D eigenvalue weighted by atomic mass is 9.94. The highest BCUT2D eigenvalue weighted by Gasteiger charge is 2.15. The van der Waals surface area contributed by atoms with Gasteiger partial charge in [0.25, 0.3) is 0 Å². The summed E-state index contributed by atoms with van der Waals surface area (Å²) in [5, 5.41) is 11.1. The number of aliphatic hydroxyl groups is 1. The lowest BCUT2D eigenvalue weighted by molar-refractivity contribution is 0.219. The smallest absolute Gasteiger partial charge is 0.104 e. The number of aryl methyl sites for hydroxylation is 3. The third-order valence-corrected chi connectivity index (χ3v) is 4.67. The van der Waals surface area contributed by atoms with Gasteiger partial charge in [-0.25, -0.2) is 0 Å². The van der Waals surface area contributed by atoms with Gasteiger partial charge < -0.3 is 5.11 Å². The molecule has 2 aromatic rings. The van der Waals surface area contributed by atoms with E-state index in [1.165, 1.54) is 11.1 Å². The van der Waals surface area contributed by atoms with Crippen molar-refractivity contribution in [1.82, 2.24) is 0 Å². The molecule has 0 radical (unpaired) electrons. The van der Waals surface area contributed by atoms with Gasteiger partial charge in [0.15, 0.2) is 0 Å². The fraction of sp³-hybridized carbons (Fsp3) is 0.250. The Balaban J connectivity index is 2.46. The standard InChI is InChI=1S/C16H16BrClO/c1-9-6-11(3)13(7-10(9)2)16(19)12-4-5-14(17)15(18)8-12/h4-8,16,19H,1-3H3. The van der Waals surface area contributed by atoms with Crippen molar-refractivity contribution in [2.75, 3.05) is 0 Å². The first-order valence-electron chi connectivity index (χ1n) is 6.11. The van der Waals surface area contributed by atoms with E-state index in [1.54, 1.807) is 6.07 Å². The predicted molar refractivity (Wildman–Crippen MR) is 83.9 cm³/mol. The molecule has 0 fully saturated rings. The van der Waals surface area contributed by atoms with E-state index in [0.29, 0.717) is 5.02 Å². The molecule has 2 rings (SSSR count). The van der Waals surface area contributed by atoms with Crippen LogP contribution in [-0.2, 0) is 0 Å². The summed E-state index contributed by atoms with van der Waals surface area (Å²) in [6, 6.07) is 9.69. The first-order valence-corrected chi connectivity index (χ1v) is 7.28. The largest absolute Gasteiger partial charge is 0.384 e. The summed E-state index contributed by atoms with van der Waals surface area (Å²) in [5.74, 6) is 0. The van der Waals surface area contributed by atoms with Crippen molar-refractivity contribution in [1.29, 1.82) is 0 Å². The molecule has 0 aliphatic carbocycles. The van der Waals surface area contributed by atoms with Gasteiger partial charge in [-0.05, 0) is 76.7 Å². The van der Waals surface area contributed by atoms with E-state index in [-0.39, 0.29) is 0 Å². The summed E-state index contributed by atoms with van der Waals surface area (Å²) < 4.78 is 0.835. The molecule has 2 aromatic carbocycles. The summed E-state index contributed by atoms with van der Waals surface area (Å²) in [7, 11) is 0. The van der Waals surface area contributed by atoms with E-state index < -0.39 is 6.10 Å². The van der Waals surface area contributed by atoms with Gasteiger partial charge >= 0.3 is 0 Å². The van der Waals surface area contributed by atoms with Crippen LogP contribution in [0.2, 0.25) is 5.02 Å². The molecule has 3 heteroatoms. The van der Waals surface area contributed by atoms with Crippen LogP contribution in [0.15, 0.2) is 34.8 Å². The lowest BCUT2D eigenvalue weighted by Gasteiger charge is -2.17. The molecule has 100 valence electrons. The van der Waals surface area contributed by atoms with Crippen molar-refractivity contribution in [3.63, 3.8) is 0 Å². The van der Waals surface area contributed by atoms with E-state index in [1.807, 2.05) is 25.1 Å². The highest BCUT2D eigenvalue weighted by atomic mass is 79.9. The van der Waals surface area contributed by atoms with Crippen molar-refractivity contribution in [3.8, 4) is 0 Å². The fourth-order valence-electron chi connectivity index (χ4n) is 2.14. The Labute approximate surface area is 127 Å². The third kappa shape index (κ3) is 3.02. The molecule has 0 saturated heterocycles. The zero-order valence-electron chi connectivity index (χ0n) is 11.2. The number of hydrogen-bond acceptors (Lipinski definition) is 1. The monoisotopic (exact) mass is 338 g/mol. The number of rotatable bonds is 2. The third-order valence-electron chi connectivity index (χ3n) is 3.44. The van der Waals surface area contributed by atoms with Gasteiger partial charge in [-0.3, -0.25) is 0 Å². The summed E-state index contributed by atoms with van der Waals surface area (Å²) in [4.78, 5) is 0. The molecule has 1 atom stereocenters. The maximum Gasteiger partial charge on any atom is 0.104 e. The molecule has 1 N–H and O–H groups in total. The predicted octanol–water partition coefficient (Wildman–Crippen LogP) is 5.11. The zero-order chi connectivity index (χ0) is 14.2. The fourth-order valence-corrected chi connectivity index (χ4v) is 2.58. The second-order valence-corrected chi connectivity index (χ2v) is 6.13. The molecule has 0 saturated carbocycles. The highest BCUT2D eigenvalue weighted by molar-refractivity contribution is 9.10. The minimum Gasteiger partial charge on any atom is -0.384 e. The number of halogens is 2. The van der Waals surface area contributed by atoms with Gasteiger partial charge in [-0.2, -0.15) is 0 Å². The van der Waals surface area contributed by atoms with Gasteiger partial charge in [0, 0.05) is 4.47 Å². The van der Waals surface area contributed by atoms with E-state index >= 15 is 0 Å². The topological polar surface area (TPSA) is 20.2 Å². The van der Waals surface area contributed by atoms with Crippen LogP contribution in [0.25, 0.3) is 0 Å². The molecular formula is C16H16BrClO. The molecule has 19 heavy (non-hydrogen) atoms. The van der Waals surface area contributed by atoms with Crippen LogP contribution in [-0.4, -0.2) is 5.11 Å². The number of benzene rings is 2.